The highest BCUT2D eigenvalue weighted by molar-refractivity contribution is 7.23. The summed E-state index contributed by atoms with van der Waals surface area (Å²) in [6.45, 7) is 4.19. The molecule has 2 rings (SSSR count). The quantitative estimate of drug-likeness (QED) is 0.823. The predicted molar refractivity (Wildman–Crippen MR) is 85.2 cm³/mol. The third-order valence-corrected chi connectivity index (χ3v) is 5.03. The second-order valence-corrected chi connectivity index (χ2v) is 6.55. The zero-order chi connectivity index (χ0) is 14.4. The minimum absolute atomic E-state index is 0.0647. The number of unbranched alkanes of at least 4 members (excludes halogenated alkanes) is 1. The van der Waals surface area contributed by atoms with Crippen LogP contribution in [0.25, 0.3) is 9.88 Å². The van der Waals surface area contributed by atoms with Crippen molar-refractivity contribution in [2.75, 3.05) is 5.32 Å². The van der Waals surface area contributed by atoms with Crippen molar-refractivity contribution in [3.05, 3.63) is 17.5 Å². The molecule has 108 valence electrons. The molecule has 0 saturated heterocycles. The lowest BCUT2D eigenvalue weighted by Crippen LogP contribution is -2.22. The number of carbonyl (C=O) groups is 1. The summed E-state index contributed by atoms with van der Waals surface area (Å²) in [5.74, 6) is 0.138. The summed E-state index contributed by atoms with van der Waals surface area (Å²) in [6, 6.07) is 3.99. The van der Waals surface area contributed by atoms with Crippen molar-refractivity contribution in [2.24, 2.45) is 5.92 Å². The minimum atomic E-state index is 0.0647. The van der Waals surface area contributed by atoms with Crippen LogP contribution in [0.1, 0.15) is 39.5 Å². The van der Waals surface area contributed by atoms with Gasteiger partial charge in [0, 0.05) is 5.92 Å². The molecule has 2 aromatic rings. The summed E-state index contributed by atoms with van der Waals surface area (Å²) in [5, 5.41) is 14.5. The Morgan fingerprint density at radius 2 is 2.25 bits per heavy atom. The molecule has 1 amide bonds. The van der Waals surface area contributed by atoms with E-state index in [-0.39, 0.29) is 11.8 Å². The van der Waals surface area contributed by atoms with Gasteiger partial charge in [0.2, 0.25) is 11.0 Å². The van der Waals surface area contributed by atoms with Crippen LogP contribution in [0.5, 0.6) is 0 Å². The number of nitrogens with one attached hydrogen (secondary N) is 1. The van der Waals surface area contributed by atoms with Crippen LogP contribution in [0, 0.1) is 5.92 Å². The molecule has 1 atom stereocenters. The van der Waals surface area contributed by atoms with E-state index < -0.39 is 0 Å². The number of nitrogens with zero attached hydrogens (tertiary/aromatic N) is 2. The topological polar surface area (TPSA) is 54.9 Å². The zero-order valence-corrected chi connectivity index (χ0v) is 13.4. The lowest BCUT2D eigenvalue weighted by molar-refractivity contribution is -0.120. The Balaban J connectivity index is 1.97. The molecule has 6 heteroatoms. The van der Waals surface area contributed by atoms with E-state index in [1.807, 2.05) is 17.5 Å². The average Bonchev–Trinajstić information content (AvgIpc) is 3.09. The summed E-state index contributed by atoms with van der Waals surface area (Å²) in [6.07, 6.45) is 4.01. The van der Waals surface area contributed by atoms with E-state index in [9.17, 15) is 4.79 Å². The first-order valence-electron chi connectivity index (χ1n) is 6.92. The lowest BCUT2D eigenvalue weighted by Gasteiger charge is -2.12. The monoisotopic (exact) mass is 309 g/mol. The van der Waals surface area contributed by atoms with Gasteiger partial charge in [-0.2, -0.15) is 0 Å². The maximum Gasteiger partial charge on any atom is 0.229 e. The smallest absolute Gasteiger partial charge is 0.229 e. The first kappa shape index (κ1) is 15.1. The molecule has 0 spiro atoms. The van der Waals surface area contributed by atoms with Gasteiger partial charge >= 0.3 is 0 Å². The Morgan fingerprint density at radius 1 is 1.40 bits per heavy atom. The second kappa shape index (κ2) is 7.50. The van der Waals surface area contributed by atoms with Crippen molar-refractivity contribution in [1.82, 2.24) is 10.2 Å². The zero-order valence-electron chi connectivity index (χ0n) is 11.8. The van der Waals surface area contributed by atoms with Crippen molar-refractivity contribution in [3.8, 4) is 9.88 Å². The van der Waals surface area contributed by atoms with Crippen LogP contribution in [0.3, 0.4) is 0 Å². The van der Waals surface area contributed by atoms with Gasteiger partial charge in [0.1, 0.15) is 0 Å². The number of thiophene rings is 1. The lowest BCUT2D eigenvalue weighted by atomic mass is 9.99. The summed E-state index contributed by atoms with van der Waals surface area (Å²) < 4.78 is 0. The van der Waals surface area contributed by atoms with Crippen molar-refractivity contribution in [2.45, 2.75) is 39.5 Å². The second-order valence-electron chi connectivity index (χ2n) is 4.63. The molecule has 2 aromatic heterocycles. The maximum absolute atomic E-state index is 12.2. The summed E-state index contributed by atoms with van der Waals surface area (Å²) in [4.78, 5) is 13.3. The summed E-state index contributed by atoms with van der Waals surface area (Å²) >= 11 is 3.05. The van der Waals surface area contributed by atoms with E-state index >= 15 is 0 Å². The van der Waals surface area contributed by atoms with Gasteiger partial charge in [-0.25, -0.2) is 0 Å². The van der Waals surface area contributed by atoms with E-state index in [0.717, 1.165) is 35.6 Å². The highest BCUT2D eigenvalue weighted by Crippen LogP contribution is 2.30. The molecule has 0 fully saturated rings. The molecule has 0 unspecified atom stereocenters. The standard InChI is InChI=1S/C14H19N3OS2/c1-3-5-7-10(4-2)12(18)15-14-17-16-13(20-14)11-8-6-9-19-11/h6,8-10H,3-5,7H2,1-2H3,(H,15,17,18)/t10-/m1/s1. The van der Waals surface area contributed by atoms with E-state index in [1.165, 1.54) is 11.3 Å². The van der Waals surface area contributed by atoms with Crippen molar-refractivity contribution < 1.29 is 4.79 Å². The first-order chi connectivity index (χ1) is 9.74. The highest BCUT2D eigenvalue weighted by Gasteiger charge is 2.18. The number of hydrogen-bond acceptors (Lipinski definition) is 5. The molecule has 2 heterocycles. The molecule has 1 N–H and O–H groups in total. The molecule has 0 bridgehead atoms. The number of carbonyl (C=O) groups excluding carboxylic acids is 1. The Morgan fingerprint density at radius 3 is 2.90 bits per heavy atom. The number of aromatic nitrogens is 2. The van der Waals surface area contributed by atoms with Crippen LogP contribution < -0.4 is 5.32 Å². The van der Waals surface area contributed by atoms with Gasteiger partial charge in [0.25, 0.3) is 0 Å². The van der Waals surface area contributed by atoms with Gasteiger partial charge in [-0.05, 0) is 24.3 Å². The Bertz CT molecular complexity index is 536. The highest BCUT2D eigenvalue weighted by atomic mass is 32.1. The predicted octanol–water partition coefficient (Wildman–Crippen LogP) is 4.42. The first-order valence-corrected chi connectivity index (χ1v) is 8.62. The fourth-order valence-electron chi connectivity index (χ4n) is 1.95. The molecule has 20 heavy (non-hydrogen) atoms. The summed E-state index contributed by atoms with van der Waals surface area (Å²) in [7, 11) is 0. The van der Waals surface area contributed by atoms with Crippen LogP contribution >= 0.6 is 22.7 Å². The molecular formula is C14H19N3OS2. The van der Waals surface area contributed by atoms with Gasteiger partial charge in [-0.15, -0.1) is 21.5 Å². The third kappa shape index (κ3) is 3.86. The number of hydrogen-bond donors (Lipinski definition) is 1. The molecule has 0 aliphatic rings. The fraction of sp³-hybridized carbons (Fsp3) is 0.500. The maximum atomic E-state index is 12.2. The minimum Gasteiger partial charge on any atom is -0.300 e. The SMILES string of the molecule is CCCC[C@@H](CC)C(=O)Nc1nnc(-c2cccs2)s1. The molecule has 0 aliphatic carbocycles. The van der Waals surface area contributed by atoms with Crippen LogP contribution in [-0.4, -0.2) is 16.1 Å². The van der Waals surface area contributed by atoms with Crippen molar-refractivity contribution >= 4 is 33.7 Å². The van der Waals surface area contributed by atoms with Gasteiger partial charge in [0.15, 0.2) is 5.01 Å². The van der Waals surface area contributed by atoms with Gasteiger partial charge in [-0.1, -0.05) is 44.1 Å². The molecular weight excluding hydrogens is 290 g/mol. The Labute approximate surface area is 127 Å². The molecule has 4 nitrogen and oxygen atoms in total. The van der Waals surface area contributed by atoms with Crippen molar-refractivity contribution in [3.63, 3.8) is 0 Å². The molecule has 0 radical (unpaired) electrons. The van der Waals surface area contributed by atoms with E-state index in [2.05, 4.69) is 29.4 Å². The molecule has 0 saturated carbocycles. The van der Waals surface area contributed by atoms with Crippen molar-refractivity contribution in [1.29, 1.82) is 0 Å². The van der Waals surface area contributed by atoms with Gasteiger partial charge in [-0.3, -0.25) is 4.79 Å². The van der Waals surface area contributed by atoms with Crippen LogP contribution in [0.2, 0.25) is 0 Å². The average molecular weight is 309 g/mol. The number of rotatable bonds is 7. The van der Waals surface area contributed by atoms with Gasteiger partial charge in [0.05, 0.1) is 4.88 Å². The van der Waals surface area contributed by atoms with Crippen LogP contribution in [0.4, 0.5) is 5.13 Å². The summed E-state index contributed by atoms with van der Waals surface area (Å²) in [5.41, 5.74) is 0. The largest absolute Gasteiger partial charge is 0.300 e. The van der Waals surface area contributed by atoms with Gasteiger partial charge < -0.3 is 5.32 Å². The Hall–Kier alpha value is -1.27. The fourth-order valence-corrected chi connectivity index (χ4v) is 3.49. The number of amides is 1. The van der Waals surface area contributed by atoms with Crippen LogP contribution in [0.15, 0.2) is 17.5 Å². The van der Waals surface area contributed by atoms with E-state index in [1.54, 1.807) is 11.3 Å². The molecule has 0 aliphatic heterocycles. The van der Waals surface area contributed by atoms with Crippen LogP contribution in [-0.2, 0) is 4.79 Å². The Kier molecular flexibility index (Phi) is 5.67. The molecule has 0 aromatic carbocycles. The van der Waals surface area contributed by atoms with E-state index in [4.69, 9.17) is 0 Å². The number of anilines is 1. The normalized spacial score (nSPS) is 12.3. The van der Waals surface area contributed by atoms with E-state index in [0.29, 0.717) is 5.13 Å². The third-order valence-electron chi connectivity index (χ3n) is 3.16.